The van der Waals surface area contributed by atoms with Crippen molar-refractivity contribution in [1.82, 2.24) is 9.97 Å². The maximum atomic E-state index is 15.2. The average Bonchev–Trinajstić information content (AvgIpc) is 3.18. The molecule has 0 saturated carbocycles. The lowest BCUT2D eigenvalue weighted by molar-refractivity contribution is -0.114. The van der Waals surface area contributed by atoms with Crippen LogP contribution in [-0.4, -0.2) is 30.1 Å². The van der Waals surface area contributed by atoms with Crippen molar-refractivity contribution in [2.24, 2.45) is 0 Å². The van der Waals surface area contributed by atoms with Crippen LogP contribution in [0.4, 0.5) is 20.2 Å². The zero-order chi connectivity index (χ0) is 24.6. The molecular weight excluding hydrogens is 490 g/mol. The minimum Gasteiger partial charge on any atom is -0.345 e. The van der Waals surface area contributed by atoms with Crippen LogP contribution in [0.15, 0.2) is 59.8 Å². The average molecular weight is 505 g/mol. The van der Waals surface area contributed by atoms with Crippen molar-refractivity contribution < 1.29 is 26.8 Å². The highest BCUT2D eigenvalue weighted by atomic mass is 35.5. The molecule has 0 atom stereocenters. The zero-order valence-corrected chi connectivity index (χ0v) is 18.9. The smallest absolute Gasteiger partial charge is 0.261 e. The summed E-state index contributed by atoms with van der Waals surface area (Å²) in [5.74, 6) is -3.92. The number of amides is 1. The van der Waals surface area contributed by atoms with Gasteiger partial charge in [-0.1, -0.05) is 11.6 Å². The number of carbonyl (C=O) groups is 2. The van der Waals surface area contributed by atoms with Crippen molar-refractivity contribution in [2.75, 3.05) is 10.0 Å². The number of halogens is 3. The first-order valence-electron chi connectivity index (χ1n) is 9.62. The first-order chi connectivity index (χ1) is 16.1. The summed E-state index contributed by atoms with van der Waals surface area (Å²) >= 11 is 5.92. The van der Waals surface area contributed by atoms with E-state index < -0.39 is 38.7 Å². The van der Waals surface area contributed by atoms with E-state index in [9.17, 15) is 22.4 Å². The number of aromatic nitrogens is 2. The summed E-state index contributed by atoms with van der Waals surface area (Å²) in [6.07, 6.45) is 2.58. The molecule has 3 N–H and O–H groups in total. The number of H-pyrrole nitrogens is 1. The van der Waals surface area contributed by atoms with Crippen LogP contribution < -0.4 is 10.0 Å². The van der Waals surface area contributed by atoms with Gasteiger partial charge in [0.25, 0.3) is 10.0 Å². The molecule has 174 valence electrons. The molecule has 0 saturated heterocycles. The van der Waals surface area contributed by atoms with Gasteiger partial charge in [-0.3, -0.25) is 14.3 Å². The van der Waals surface area contributed by atoms with Gasteiger partial charge in [-0.05, 0) is 42.5 Å². The first kappa shape index (κ1) is 23.3. The van der Waals surface area contributed by atoms with Gasteiger partial charge in [-0.15, -0.1) is 0 Å². The molecule has 0 aliphatic heterocycles. The van der Waals surface area contributed by atoms with Crippen LogP contribution in [-0.2, 0) is 14.8 Å². The van der Waals surface area contributed by atoms with Crippen LogP contribution in [0.25, 0.3) is 11.0 Å². The first-order valence-corrected chi connectivity index (χ1v) is 11.5. The van der Waals surface area contributed by atoms with Gasteiger partial charge in [-0.2, -0.15) is 0 Å². The minimum absolute atomic E-state index is 0.0867. The van der Waals surface area contributed by atoms with Crippen LogP contribution in [0.1, 0.15) is 22.8 Å². The van der Waals surface area contributed by atoms with Crippen LogP contribution in [0.2, 0.25) is 5.02 Å². The van der Waals surface area contributed by atoms with Gasteiger partial charge in [0.05, 0.1) is 21.2 Å². The Morgan fingerprint density at radius 3 is 2.47 bits per heavy atom. The minimum atomic E-state index is -4.30. The molecule has 2 aromatic carbocycles. The molecule has 4 aromatic rings. The number of aromatic amines is 1. The van der Waals surface area contributed by atoms with Crippen molar-refractivity contribution in [2.45, 2.75) is 11.8 Å². The molecule has 4 rings (SSSR count). The van der Waals surface area contributed by atoms with Crippen molar-refractivity contribution in [3.05, 3.63) is 82.6 Å². The maximum absolute atomic E-state index is 15.2. The van der Waals surface area contributed by atoms with E-state index in [1.165, 1.54) is 49.6 Å². The van der Waals surface area contributed by atoms with Crippen molar-refractivity contribution in [1.29, 1.82) is 0 Å². The zero-order valence-electron chi connectivity index (χ0n) is 17.3. The molecule has 0 aliphatic rings. The lowest BCUT2D eigenvalue weighted by Gasteiger charge is -2.12. The summed E-state index contributed by atoms with van der Waals surface area (Å²) < 4.78 is 57.2. The summed E-state index contributed by atoms with van der Waals surface area (Å²) in [6, 6.07) is 8.17. The number of anilines is 2. The molecule has 0 unspecified atom stereocenters. The summed E-state index contributed by atoms with van der Waals surface area (Å²) in [4.78, 5) is 30.6. The predicted molar refractivity (Wildman–Crippen MR) is 122 cm³/mol. The second kappa shape index (κ2) is 8.84. The number of fused-ring (bicyclic) bond motifs is 1. The fourth-order valence-electron chi connectivity index (χ4n) is 3.26. The maximum Gasteiger partial charge on any atom is 0.261 e. The molecule has 8 nitrogen and oxygen atoms in total. The number of nitrogens with zero attached hydrogens (tertiary/aromatic N) is 1. The normalized spacial score (nSPS) is 11.4. The molecule has 12 heteroatoms. The van der Waals surface area contributed by atoms with Gasteiger partial charge in [0.15, 0.2) is 5.82 Å². The highest BCUT2D eigenvalue weighted by Crippen LogP contribution is 2.29. The van der Waals surface area contributed by atoms with Gasteiger partial charge in [0.1, 0.15) is 11.5 Å². The van der Waals surface area contributed by atoms with E-state index in [0.29, 0.717) is 5.69 Å². The summed E-state index contributed by atoms with van der Waals surface area (Å²) in [7, 11) is -4.30. The molecule has 0 spiro atoms. The highest BCUT2D eigenvalue weighted by Gasteiger charge is 2.26. The van der Waals surface area contributed by atoms with Crippen LogP contribution in [0.5, 0.6) is 0 Å². The third kappa shape index (κ3) is 4.47. The van der Waals surface area contributed by atoms with E-state index in [4.69, 9.17) is 11.6 Å². The van der Waals surface area contributed by atoms with E-state index in [2.05, 4.69) is 15.3 Å². The largest absolute Gasteiger partial charge is 0.345 e. The van der Waals surface area contributed by atoms with Gasteiger partial charge < -0.3 is 10.3 Å². The quantitative estimate of drug-likeness (QED) is 0.334. The predicted octanol–water partition coefficient (Wildman–Crippen LogP) is 4.48. The number of nitrogens with one attached hydrogen (secondary N) is 3. The molecule has 0 fully saturated rings. The lowest BCUT2D eigenvalue weighted by Crippen LogP contribution is -2.16. The van der Waals surface area contributed by atoms with Crippen molar-refractivity contribution in [3.8, 4) is 0 Å². The second-order valence-corrected chi connectivity index (χ2v) is 9.30. The van der Waals surface area contributed by atoms with E-state index in [-0.39, 0.29) is 32.4 Å². The van der Waals surface area contributed by atoms with Crippen molar-refractivity contribution in [3.63, 3.8) is 0 Å². The Hall–Kier alpha value is -3.83. The molecule has 0 radical (unpaired) electrons. The van der Waals surface area contributed by atoms with Gasteiger partial charge >= 0.3 is 0 Å². The fourth-order valence-corrected chi connectivity index (χ4v) is 4.48. The number of pyridine rings is 1. The van der Waals surface area contributed by atoms with Gasteiger partial charge in [-0.25, -0.2) is 22.2 Å². The number of hydrogen-bond donors (Lipinski definition) is 3. The third-order valence-corrected chi connectivity index (χ3v) is 6.38. The number of ketones is 1. The number of sulfonamides is 1. The second-order valence-electron chi connectivity index (χ2n) is 7.18. The highest BCUT2D eigenvalue weighted by molar-refractivity contribution is 7.92. The fraction of sp³-hybridized carbons (Fsp3) is 0.0455. The molecule has 0 bridgehead atoms. The topological polar surface area (TPSA) is 121 Å². The number of rotatable bonds is 6. The third-order valence-electron chi connectivity index (χ3n) is 4.79. The van der Waals surface area contributed by atoms with E-state index >= 15 is 4.39 Å². The number of benzene rings is 2. The van der Waals surface area contributed by atoms with Gasteiger partial charge in [0, 0.05) is 36.0 Å². The standard InChI is InChI=1S/C22H15ClF2N4O4S/c1-11(30)28-13-2-4-14(5-3-13)34(32,33)29-18-7-6-17(24)19(20(18)25)21(31)16-10-27-22-15(16)8-12(23)9-26-22/h2-10,29H,1H3,(H,26,27)(H,28,30). The monoisotopic (exact) mass is 504 g/mol. The van der Waals surface area contributed by atoms with Gasteiger partial charge in [0.2, 0.25) is 11.7 Å². The van der Waals surface area contributed by atoms with E-state index in [1.54, 1.807) is 0 Å². The van der Waals surface area contributed by atoms with E-state index in [0.717, 1.165) is 12.1 Å². The van der Waals surface area contributed by atoms with Crippen LogP contribution in [0.3, 0.4) is 0 Å². The molecule has 0 aliphatic carbocycles. The molecule has 2 heterocycles. The Labute approximate surface area is 197 Å². The Bertz CT molecular complexity index is 1550. The molecular formula is C22H15ClF2N4O4S. The Kier molecular flexibility index (Phi) is 6.07. The molecule has 34 heavy (non-hydrogen) atoms. The SMILES string of the molecule is CC(=O)Nc1ccc(S(=O)(=O)Nc2ccc(F)c(C(=O)c3c[nH]c4ncc(Cl)cc34)c2F)cc1. The van der Waals surface area contributed by atoms with Crippen LogP contribution in [0, 0.1) is 11.6 Å². The Morgan fingerprint density at radius 1 is 1.09 bits per heavy atom. The van der Waals surface area contributed by atoms with E-state index in [1.807, 2.05) is 4.72 Å². The van der Waals surface area contributed by atoms with Crippen LogP contribution >= 0.6 is 11.6 Å². The molecule has 1 amide bonds. The lowest BCUT2D eigenvalue weighted by atomic mass is 10.0. The number of carbonyl (C=O) groups excluding carboxylic acids is 2. The summed E-state index contributed by atoms with van der Waals surface area (Å²) in [5.41, 5.74) is -1.00. The Morgan fingerprint density at radius 2 is 1.79 bits per heavy atom. The summed E-state index contributed by atoms with van der Waals surface area (Å²) in [6.45, 7) is 1.30. The summed E-state index contributed by atoms with van der Waals surface area (Å²) in [5, 5.41) is 2.96. The van der Waals surface area contributed by atoms with Crippen molar-refractivity contribution >= 4 is 55.7 Å². The molecule has 2 aromatic heterocycles. The number of hydrogen-bond acceptors (Lipinski definition) is 5. The Balaban J connectivity index is 1.69.